The standard InChI is InChI=1S/C17H20FNO/c1-12-6-7-13(2)16(10-12)17(20-9-8-19)14-4-3-5-15(18)11-14/h3-7,10-11,17H,8-9,19H2,1-2H3. The predicted molar refractivity (Wildman–Crippen MR) is 79.2 cm³/mol. The van der Waals surface area contributed by atoms with Gasteiger partial charge in [-0.25, -0.2) is 4.39 Å². The third-order valence-electron chi connectivity index (χ3n) is 3.27. The maximum absolute atomic E-state index is 13.5. The second-order valence-corrected chi connectivity index (χ2v) is 4.95. The average molecular weight is 273 g/mol. The van der Waals surface area contributed by atoms with Gasteiger partial charge < -0.3 is 10.5 Å². The largest absolute Gasteiger partial charge is 0.367 e. The van der Waals surface area contributed by atoms with Crippen molar-refractivity contribution in [3.63, 3.8) is 0 Å². The lowest BCUT2D eigenvalue weighted by atomic mass is 9.95. The molecule has 1 atom stereocenters. The first-order valence-electron chi connectivity index (χ1n) is 6.76. The Kier molecular flexibility index (Phi) is 4.88. The van der Waals surface area contributed by atoms with Crippen LogP contribution >= 0.6 is 0 Å². The highest BCUT2D eigenvalue weighted by Crippen LogP contribution is 2.29. The Bertz CT molecular complexity index is 583. The summed E-state index contributed by atoms with van der Waals surface area (Å²) in [7, 11) is 0. The first-order valence-corrected chi connectivity index (χ1v) is 6.76. The van der Waals surface area contributed by atoms with Gasteiger partial charge in [0.2, 0.25) is 0 Å². The third-order valence-corrected chi connectivity index (χ3v) is 3.27. The van der Waals surface area contributed by atoms with Crippen LogP contribution in [0.25, 0.3) is 0 Å². The van der Waals surface area contributed by atoms with Crippen molar-refractivity contribution in [3.8, 4) is 0 Å². The minimum Gasteiger partial charge on any atom is -0.367 e. The van der Waals surface area contributed by atoms with Crippen LogP contribution in [-0.2, 0) is 4.74 Å². The normalized spacial score (nSPS) is 12.4. The lowest BCUT2D eigenvalue weighted by molar-refractivity contribution is 0.0858. The van der Waals surface area contributed by atoms with Crippen molar-refractivity contribution in [3.05, 3.63) is 70.5 Å². The minimum atomic E-state index is -0.283. The fraction of sp³-hybridized carbons (Fsp3) is 0.294. The summed E-state index contributed by atoms with van der Waals surface area (Å²) in [5.74, 6) is -0.255. The van der Waals surface area contributed by atoms with E-state index in [4.69, 9.17) is 10.5 Å². The molecule has 2 N–H and O–H groups in total. The van der Waals surface area contributed by atoms with Crippen LogP contribution < -0.4 is 5.73 Å². The number of benzene rings is 2. The number of hydrogen-bond acceptors (Lipinski definition) is 2. The molecule has 0 aliphatic carbocycles. The van der Waals surface area contributed by atoms with E-state index >= 15 is 0 Å². The van der Waals surface area contributed by atoms with Crippen molar-refractivity contribution in [2.24, 2.45) is 5.73 Å². The number of nitrogens with two attached hydrogens (primary N) is 1. The molecule has 106 valence electrons. The molecule has 0 saturated carbocycles. The molecule has 1 unspecified atom stereocenters. The zero-order chi connectivity index (χ0) is 14.5. The minimum absolute atomic E-state index is 0.255. The van der Waals surface area contributed by atoms with Gasteiger partial charge in [0.05, 0.1) is 6.61 Å². The van der Waals surface area contributed by atoms with Crippen molar-refractivity contribution in [2.45, 2.75) is 20.0 Å². The van der Waals surface area contributed by atoms with Crippen molar-refractivity contribution in [1.82, 2.24) is 0 Å². The van der Waals surface area contributed by atoms with E-state index in [0.29, 0.717) is 13.2 Å². The Hall–Kier alpha value is -1.71. The molecule has 0 saturated heterocycles. The summed E-state index contributed by atoms with van der Waals surface area (Å²) >= 11 is 0. The number of aryl methyl sites for hydroxylation is 2. The van der Waals surface area contributed by atoms with Gasteiger partial charge in [0.1, 0.15) is 11.9 Å². The summed E-state index contributed by atoms with van der Waals surface area (Å²) < 4.78 is 19.3. The van der Waals surface area contributed by atoms with Gasteiger partial charge in [-0.05, 0) is 42.7 Å². The van der Waals surface area contributed by atoms with E-state index in [1.165, 1.54) is 12.1 Å². The highest BCUT2D eigenvalue weighted by molar-refractivity contribution is 5.38. The van der Waals surface area contributed by atoms with Crippen LogP contribution in [0.15, 0.2) is 42.5 Å². The van der Waals surface area contributed by atoms with Crippen molar-refractivity contribution in [1.29, 1.82) is 0 Å². The molecule has 0 heterocycles. The van der Waals surface area contributed by atoms with Crippen LogP contribution in [0.4, 0.5) is 4.39 Å². The van der Waals surface area contributed by atoms with Gasteiger partial charge in [-0.3, -0.25) is 0 Å². The van der Waals surface area contributed by atoms with Gasteiger partial charge in [0, 0.05) is 6.54 Å². The Morgan fingerprint density at radius 1 is 1.15 bits per heavy atom. The number of hydrogen-bond donors (Lipinski definition) is 1. The van der Waals surface area contributed by atoms with Crippen molar-refractivity contribution < 1.29 is 9.13 Å². The molecule has 2 rings (SSSR count). The van der Waals surface area contributed by atoms with Gasteiger partial charge >= 0.3 is 0 Å². The molecule has 0 bridgehead atoms. The first kappa shape index (κ1) is 14.7. The van der Waals surface area contributed by atoms with Gasteiger partial charge in [0.15, 0.2) is 0 Å². The molecule has 2 aromatic rings. The highest BCUT2D eigenvalue weighted by atomic mass is 19.1. The number of halogens is 1. The van der Waals surface area contributed by atoms with Crippen LogP contribution in [0.1, 0.15) is 28.4 Å². The summed E-state index contributed by atoms with van der Waals surface area (Å²) in [5.41, 5.74) is 9.69. The quantitative estimate of drug-likeness (QED) is 0.904. The molecule has 0 aliphatic rings. The molecule has 0 spiro atoms. The van der Waals surface area contributed by atoms with E-state index in [1.807, 2.05) is 19.9 Å². The molecule has 0 amide bonds. The maximum atomic E-state index is 13.5. The van der Waals surface area contributed by atoms with Crippen LogP contribution in [0, 0.1) is 19.7 Å². The SMILES string of the molecule is Cc1ccc(C)c(C(OCCN)c2cccc(F)c2)c1. The summed E-state index contributed by atoms with van der Waals surface area (Å²) in [5, 5.41) is 0. The van der Waals surface area contributed by atoms with Crippen molar-refractivity contribution in [2.75, 3.05) is 13.2 Å². The fourth-order valence-electron chi connectivity index (χ4n) is 2.26. The molecule has 2 aromatic carbocycles. The molecule has 20 heavy (non-hydrogen) atoms. The Balaban J connectivity index is 2.44. The number of ether oxygens (including phenoxy) is 1. The highest BCUT2D eigenvalue weighted by Gasteiger charge is 2.17. The summed E-state index contributed by atoms with van der Waals surface area (Å²) in [6, 6.07) is 12.7. The zero-order valence-electron chi connectivity index (χ0n) is 11.9. The Morgan fingerprint density at radius 3 is 2.65 bits per heavy atom. The third kappa shape index (κ3) is 3.44. The monoisotopic (exact) mass is 273 g/mol. The number of rotatable bonds is 5. The fourth-order valence-corrected chi connectivity index (χ4v) is 2.26. The molecule has 0 aromatic heterocycles. The van der Waals surface area contributed by atoms with E-state index in [0.717, 1.165) is 22.3 Å². The van der Waals surface area contributed by atoms with Crippen LogP contribution in [0.5, 0.6) is 0 Å². The van der Waals surface area contributed by atoms with Gasteiger partial charge in [-0.15, -0.1) is 0 Å². The van der Waals surface area contributed by atoms with E-state index in [9.17, 15) is 4.39 Å². The lowest BCUT2D eigenvalue weighted by Crippen LogP contribution is -2.15. The van der Waals surface area contributed by atoms with Crippen LogP contribution in [0.3, 0.4) is 0 Å². The van der Waals surface area contributed by atoms with Gasteiger partial charge in [-0.2, -0.15) is 0 Å². The molecular formula is C17H20FNO. The summed E-state index contributed by atoms with van der Waals surface area (Å²) in [6.07, 6.45) is -0.283. The molecule has 0 aliphatic heterocycles. The van der Waals surface area contributed by atoms with E-state index in [2.05, 4.69) is 18.2 Å². The Labute approximate surface area is 119 Å². The van der Waals surface area contributed by atoms with Gasteiger partial charge in [0.25, 0.3) is 0 Å². The molecular weight excluding hydrogens is 253 g/mol. The second kappa shape index (κ2) is 6.64. The first-order chi connectivity index (χ1) is 9.61. The smallest absolute Gasteiger partial charge is 0.123 e. The summed E-state index contributed by atoms with van der Waals surface area (Å²) in [4.78, 5) is 0. The van der Waals surface area contributed by atoms with E-state index < -0.39 is 0 Å². The molecule has 0 radical (unpaired) electrons. The topological polar surface area (TPSA) is 35.2 Å². The van der Waals surface area contributed by atoms with Gasteiger partial charge in [-0.1, -0.05) is 35.9 Å². The zero-order valence-corrected chi connectivity index (χ0v) is 11.9. The van der Waals surface area contributed by atoms with E-state index in [1.54, 1.807) is 6.07 Å². The van der Waals surface area contributed by atoms with Crippen LogP contribution in [0.2, 0.25) is 0 Å². The lowest BCUT2D eigenvalue weighted by Gasteiger charge is -2.21. The van der Waals surface area contributed by atoms with E-state index in [-0.39, 0.29) is 11.9 Å². The maximum Gasteiger partial charge on any atom is 0.123 e. The second-order valence-electron chi connectivity index (χ2n) is 4.95. The molecule has 3 heteroatoms. The summed E-state index contributed by atoms with van der Waals surface area (Å²) in [6.45, 7) is 4.95. The predicted octanol–water partition coefficient (Wildman–Crippen LogP) is 3.51. The average Bonchev–Trinajstić information content (AvgIpc) is 2.43. The van der Waals surface area contributed by atoms with Crippen LogP contribution in [-0.4, -0.2) is 13.2 Å². The molecule has 2 nitrogen and oxygen atoms in total. The van der Waals surface area contributed by atoms with Crippen molar-refractivity contribution >= 4 is 0 Å². The molecule has 0 fully saturated rings. The Morgan fingerprint density at radius 2 is 1.95 bits per heavy atom.